The summed E-state index contributed by atoms with van der Waals surface area (Å²) in [4.78, 5) is 21.4. The molecule has 0 spiro atoms. The lowest BCUT2D eigenvalue weighted by atomic mass is 9.95. The van der Waals surface area contributed by atoms with Crippen LogP contribution in [0.2, 0.25) is 0 Å². The summed E-state index contributed by atoms with van der Waals surface area (Å²) in [5.74, 6) is -0.325. The quantitative estimate of drug-likeness (QED) is 0.316. The molecule has 43 heavy (non-hydrogen) atoms. The number of rotatable bonds is 7. The van der Waals surface area contributed by atoms with Gasteiger partial charge >= 0.3 is 6.09 Å². The van der Waals surface area contributed by atoms with E-state index in [-0.39, 0.29) is 40.8 Å². The second-order valence-corrected chi connectivity index (χ2v) is 13.1. The molecule has 2 aliphatic heterocycles. The molecule has 3 aromatic rings. The first-order valence-corrected chi connectivity index (χ1v) is 15.4. The fourth-order valence-corrected chi connectivity index (χ4v) is 6.51. The number of aromatic nitrogens is 4. The molecule has 0 N–H and O–H groups in total. The Bertz CT molecular complexity index is 1610. The molecule has 2 aromatic heterocycles. The van der Waals surface area contributed by atoms with Crippen LogP contribution >= 0.6 is 15.9 Å². The number of hydrogen-bond acceptors (Lipinski definition) is 9. The van der Waals surface area contributed by atoms with E-state index >= 15 is 4.39 Å². The van der Waals surface area contributed by atoms with Crippen LogP contribution in [0, 0.1) is 28.5 Å². The molecule has 2 aliphatic rings. The van der Waals surface area contributed by atoms with Gasteiger partial charge in [-0.05, 0) is 94.0 Å². The van der Waals surface area contributed by atoms with E-state index in [9.17, 15) is 15.3 Å². The van der Waals surface area contributed by atoms with Gasteiger partial charge in [0, 0.05) is 24.4 Å². The molecule has 11 nitrogen and oxygen atoms in total. The van der Waals surface area contributed by atoms with Crippen molar-refractivity contribution in [2.75, 3.05) is 26.7 Å². The number of carbonyl (C=O) groups is 1. The van der Waals surface area contributed by atoms with E-state index < -0.39 is 23.6 Å². The predicted molar refractivity (Wildman–Crippen MR) is 161 cm³/mol. The molecule has 2 fully saturated rings. The first-order valence-electron chi connectivity index (χ1n) is 14.6. The fourth-order valence-electron chi connectivity index (χ4n) is 6.01. The number of nitriles is 2. The molecule has 1 aromatic carbocycles. The second kappa shape index (κ2) is 12.6. The van der Waals surface area contributed by atoms with Gasteiger partial charge in [-0.25, -0.2) is 18.9 Å². The number of amides is 1. The van der Waals surface area contributed by atoms with Gasteiger partial charge in [-0.15, -0.1) is 5.10 Å². The average Bonchev–Trinajstić information content (AvgIpc) is 3.59. The van der Waals surface area contributed by atoms with Crippen molar-refractivity contribution in [1.82, 2.24) is 29.8 Å². The van der Waals surface area contributed by atoms with E-state index in [1.807, 2.05) is 26.8 Å². The summed E-state index contributed by atoms with van der Waals surface area (Å²) >= 11 is 3.38. The number of pyridine rings is 1. The van der Waals surface area contributed by atoms with Crippen LogP contribution in [0.3, 0.4) is 0 Å². The van der Waals surface area contributed by atoms with Crippen LogP contribution in [0.4, 0.5) is 9.18 Å². The minimum atomic E-state index is -0.662. The fraction of sp³-hybridized carbons (Fsp3) is 0.600. The summed E-state index contributed by atoms with van der Waals surface area (Å²) in [6.45, 7) is 7.17. The highest BCUT2D eigenvalue weighted by atomic mass is 79.9. The minimum Gasteiger partial charge on any atom is -0.474 e. The van der Waals surface area contributed by atoms with Crippen molar-refractivity contribution in [3.63, 3.8) is 0 Å². The highest BCUT2D eigenvalue weighted by Crippen LogP contribution is 2.39. The van der Waals surface area contributed by atoms with E-state index in [2.05, 4.69) is 55.3 Å². The van der Waals surface area contributed by atoms with Gasteiger partial charge in [0.15, 0.2) is 11.3 Å². The Morgan fingerprint density at radius 1 is 1.19 bits per heavy atom. The number of benzene rings is 1. The normalized spacial score (nSPS) is 21.2. The Kier molecular flexibility index (Phi) is 9.04. The highest BCUT2D eigenvalue weighted by molar-refractivity contribution is 9.10. The molecular weight excluding hydrogens is 619 g/mol. The molecule has 0 unspecified atom stereocenters. The number of fused-ring (bicyclic) bond motifs is 3. The van der Waals surface area contributed by atoms with Crippen molar-refractivity contribution in [2.45, 2.75) is 89.4 Å². The van der Waals surface area contributed by atoms with Crippen molar-refractivity contribution in [2.24, 2.45) is 0 Å². The van der Waals surface area contributed by atoms with Crippen LogP contribution in [0.5, 0.6) is 5.88 Å². The number of aryl methyl sites for hydroxylation is 1. The van der Waals surface area contributed by atoms with Gasteiger partial charge in [0.2, 0.25) is 5.88 Å². The van der Waals surface area contributed by atoms with Crippen molar-refractivity contribution >= 4 is 44.0 Å². The number of halogens is 2. The maximum Gasteiger partial charge on any atom is 0.410 e. The van der Waals surface area contributed by atoms with Crippen molar-refractivity contribution in [3.8, 4) is 18.0 Å². The maximum atomic E-state index is 15.9. The number of likely N-dealkylation sites (N-methyl/N-ethyl adjacent to an activating group) is 1. The topological polar surface area (TPSA) is 133 Å². The summed E-state index contributed by atoms with van der Waals surface area (Å²) in [7, 11) is 2.06. The lowest BCUT2D eigenvalue weighted by Gasteiger charge is -2.39. The van der Waals surface area contributed by atoms with Crippen LogP contribution in [0.15, 0.2) is 10.5 Å². The first kappa shape index (κ1) is 30.9. The van der Waals surface area contributed by atoms with Gasteiger partial charge in [0.25, 0.3) is 0 Å². The zero-order valence-electron chi connectivity index (χ0n) is 24.9. The summed E-state index contributed by atoms with van der Waals surface area (Å²) in [5.41, 5.74) is 1.11. The Labute approximate surface area is 258 Å². The van der Waals surface area contributed by atoms with Gasteiger partial charge in [-0.1, -0.05) is 5.21 Å². The molecule has 4 heterocycles. The predicted octanol–water partition coefficient (Wildman–Crippen LogP) is 5.66. The summed E-state index contributed by atoms with van der Waals surface area (Å²) in [6.07, 6.45) is 3.33. The number of carbonyl (C=O) groups excluding carboxylic acids is 1. The lowest BCUT2D eigenvalue weighted by molar-refractivity contribution is 0.00557. The number of piperidine rings is 1. The van der Waals surface area contributed by atoms with Gasteiger partial charge in [-0.2, -0.15) is 10.5 Å². The monoisotopic (exact) mass is 654 g/mol. The Hall–Kier alpha value is -3.55. The average molecular weight is 656 g/mol. The molecule has 3 atom stereocenters. The third-order valence-electron chi connectivity index (χ3n) is 8.20. The number of hydrogen-bond donors (Lipinski definition) is 0. The van der Waals surface area contributed by atoms with Crippen molar-refractivity contribution in [1.29, 1.82) is 10.5 Å². The molecule has 13 heteroatoms. The Balaban J connectivity index is 1.58. The number of likely N-dealkylation sites (tertiary alicyclic amines) is 2. The van der Waals surface area contributed by atoms with E-state index in [0.717, 1.165) is 19.4 Å². The zero-order valence-corrected chi connectivity index (χ0v) is 26.5. The third kappa shape index (κ3) is 6.38. The molecule has 1 amide bonds. The summed E-state index contributed by atoms with van der Waals surface area (Å²) in [5, 5.41) is 28.3. The molecule has 0 radical (unpaired) electrons. The van der Waals surface area contributed by atoms with Crippen LogP contribution in [0.25, 0.3) is 21.9 Å². The number of nitrogens with zero attached hydrogens (tertiary/aromatic N) is 8. The smallest absolute Gasteiger partial charge is 0.410 e. The van der Waals surface area contributed by atoms with Gasteiger partial charge in [0.1, 0.15) is 23.2 Å². The first-order chi connectivity index (χ1) is 20.5. The standard InChI is InChI=1S/C30H36BrFN8O3/c1-30(2,3)43-29(41)39-14-10-20(16-19(39)9-12-34)40-27-22-15-18(7-5-11-33)23(31)24(32)25(22)35-28(26(27)36-37-40)42-17-21-8-6-13-38(21)4/h15,19-21H,5-10,13-14,16-17H2,1-4H3/t19-,20+,21+/m1/s1. The highest BCUT2D eigenvalue weighted by Gasteiger charge is 2.36. The molecule has 0 saturated carbocycles. The van der Waals surface area contributed by atoms with Gasteiger partial charge in [0.05, 0.1) is 35.1 Å². The number of ether oxygens (including phenoxy) is 2. The molecule has 0 aliphatic carbocycles. The Morgan fingerprint density at radius 3 is 2.65 bits per heavy atom. The van der Waals surface area contributed by atoms with E-state index in [1.165, 1.54) is 0 Å². The van der Waals surface area contributed by atoms with E-state index in [4.69, 9.17) is 9.47 Å². The van der Waals surface area contributed by atoms with Crippen LogP contribution < -0.4 is 4.74 Å². The summed E-state index contributed by atoms with van der Waals surface area (Å²) in [6, 6.07) is 5.77. The molecule has 228 valence electrons. The lowest BCUT2D eigenvalue weighted by Crippen LogP contribution is -2.48. The van der Waals surface area contributed by atoms with Crippen LogP contribution in [-0.4, -0.2) is 80.3 Å². The van der Waals surface area contributed by atoms with Crippen LogP contribution in [0.1, 0.15) is 70.9 Å². The minimum absolute atomic E-state index is 0.123. The second-order valence-electron chi connectivity index (χ2n) is 12.3. The Morgan fingerprint density at radius 2 is 1.98 bits per heavy atom. The van der Waals surface area contributed by atoms with Crippen molar-refractivity contribution in [3.05, 3.63) is 21.9 Å². The third-order valence-corrected chi connectivity index (χ3v) is 9.06. The SMILES string of the molecule is CN1CCC[C@H]1COc1nc2c(F)c(Br)c(CCC#N)cc2c2c1nnn2[C@H]1CCN(C(=O)OC(C)(C)C)[C@H](CC#N)C1. The molecular formula is C30H36BrFN8O3. The molecule has 2 saturated heterocycles. The maximum absolute atomic E-state index is 15.9. The van der Waals surface area contributed by atoms with Crippen LogP contribution in [-0.2, 0) is 11.2 Å². The van der Waals surface area contributed by atoms with Gasteiger partial charge < -0.3 is 19.3 Å². The van der Waals surface area contributed by atoms with E-state index in [1.54, 1.807) is 9.58 Å². The van der Waals surface area contributed by atoms with E-state index in [0.29, 0.717) is 54.4 Å². The van der Waals surface area contributed by atoms with Gasteiger partial charge in [-0.3, -0.25) is 0 Å². The van der Waals surface area contributed by atoms with Crippen molar-refractivity contribution < 1.29 is 18.7 Å². The molecule has 0 bridgehead atoms. The largest absolute Gasteiger partial charge is 0.474 e. The molecule has 5 rings (SSSR count). The summed E-state index contributed by atoms with van der Waals surface area (Å²) < 4.78 is 29.8. The zero-order chi connectivity index (χ0) is 30.9.